The van der Waals surface area contributed by atoms with E-state index in [2.05, 4.69) is 34.6 Å². The second-order valence-corrected chi connectivity index (χ2v) is 5.14. The second kappa shape index (κ2) is 5.65. The first-order valence-electron chi connectivity index (χ1n) is 6.67. The summed E-state index contributed by atoms with van der Waals surface area (Å²) in [4.78, 5) is 2.51. The van der Waals surface area contributed by atoms with Crippen molar-refractivity contribution in [2.45, 2.75) is 33.4 Å². The minimum atomic E-state index is 0.654. The van der Waals surface area contributed by atoms with E-state index in [0.717, 1.165) is 32.1 Å². The summed E-state index contributed by atoms with van der Waals surface area (Å²) in [5.74, 6) is 1.43. The first-order valence-corrected chi connectivity index (χ1v) is 6.67. The Morgan fingerprint density at radius 2 is 2.35 bits per heavy atom. The standard InChI is InChI=1S/C13H24N4/c1-3-17-13(4-6-15-17)10-16-7-5-11(2)12(8-14)9-16/h4,6,11-12H,3,5,7-10,14H2,1-2H3. The quantitative estimate of drug-likeness (QED) is 0.857. The molecule has 0 bridgehead atoms. The Bertz CT molecular complexity index is 347. The highest BCUT2D eigenvalue weighted by molar-refractivity contribution is 5.00. The molecule has 4 heteroatoms. The molecule has 0 aromatic carbocycles. The molecule has 96 valence electrons. The molecule has 1 aromatic rings. The van der Waals surface area contributed by atoms with Gasteiger partial charge in [0, 0.05) is 25.8 Å². The van der Waals surface area contributed by atoms with Gasteiger partial charge in [-0.3, -0.25) is 9.58 Å². The molecule has 0 spiro atoms. The number of aryl methyl sites for hydroxylation is 1. The zero-order valence-electron chi connectivity index (χ0n) is 11.0. The summed E-state index contributed by atoms with van der Waals surface area (Å²) >= 11 is 0. The van der Waals surface area contributed by atoms with Gasteiger partial charge in [-0.1, -0.05) is 6.92 Å². The van der Waals surface area contributed by atoms with Gasteiger partial charge in [-0.05, 0) is 44.3 Å². The molecule has 1 aliphatic rings. The van der Waals surface area contributed by atoms with Crippen LogP contribution in [0.4, 0.5) is 0 Å². The zero-order valence-corrected chi connectivity index (χ0v) is 11.0. The number of likely N-dealkylation sites (tertiary alicyclic amines) is 1. The molecule has 2 N–H and O–H groups in total. The minimum absolute atomic E-state index is 0.654. The lowest BCUT2D eigenvalue weighted by atomic mass is 9.87. The molecule has 2 unspecified atom stereocenters. The van der Waals surface area contributed by atoms with Gasteiger partial charge in [-0.25, -0.2) is 0 Å². The average molecular weight is 236 g/mol. The molecule has 1 aliphatic heterocycles. The second-order valence-electron chi connectivity index (χ2n) is 5.14. The Kier molecular flexibility index (Phi) is 4.18. The maximum Gasteiger partial charge on any atom is 0.0524 e. The van der Waals surface area contributed by atoms with Crippen LogP contribution in [0.5, 0.6) is 0 Å². The molecule has 0 aliphatic carbocycles. The van der Waals surface area contributed by atoms with E-state index in [4.69, 9.17) is 5.73 Å². The van der Waals surface area contributed by atoms with Crippen LogP contribution in [0.1, 0.15) is 26.0 Å². The Balaban J connectivity index is 1.95. The lowest BCUT2D eigenvalue weighted by Gasteiger charge is -2.36. The van der Waals surface area contributed by atoms with Gasteiger partial charge in [-0.15, -0.1) is 0 Å². The summed E-state index contributed by atoms with van der Waals surface area (Å²) in [5.41, 5.74) is 7.16. The Morgan fingerprint density at radius 3 is 3.06 bits per heavy atom. The van der Waals surface area contributed by atoms with Crippen LogP contribution in [0.25, 0.3) is 0 Å². The zero-order chi connectivity index (χ0) is 12.3. The monoisotopic (exact) mass is 236 g/mol. The number of aromatic nitrogens is 2. The molecule has 2 atom stereocenters. The molecule has 1 fully saturated rings. The van der Waals surface area contributed by atoms with E-state index in [1.54, 1.807) is 0 Å². The van der Waals surface area contributed by atoms with Crippen molar-refractivity contribution in [2.24, 2.45) is 17.6 Å². The normalized spacial score (nSPS) is 26.3. The third-order valence-corrected chi connectivity index (χ3v) is 3.99. The van der Waals surface area contributed by atoms with E-state index in [1.165, 1.54) is 18.7 Å². The molecule has 0 saturated carbocycles. The molecule has 1 saturated heterocycles. The number of hydrogen-bond acceptors (Lipinski definition) is 3. The van der Waals surface area contributed by atoms with Crippen molar-refractivity contribution >= 4 is 0 Å². The maximum absolute atomic E-state index is 5.84. The first kappa shape index (κ1) is 12.6. The fourth-order valence-corrected chi connectivity index (χ4v) is 2.68. The van der Waals surface area contributed by atoms with Crippen LogP contribution < -0.4 is 5.73 Å². The largest absolute Gasteiger partial charge is 0.330 e. The highest BCUT2D eigenvalue weighted by atomic mass is 15.3. The van der Waals surface area contributed by atoms with Crippen molar-refractivity contribution in [3.8, 4) is 0 Å². The highest BCUT2D eigenvalue weighted by Gasteiger charge is 2.25. The van der Waals surface area contributed by atoms with E-state index in [-0.39, 0.29) is 0 Å². The summed E-state index contributed by atoms with van der Waals surface area (Å²) in [7, 11) is 0. The molecule has 2 heterocycles. The molecule has 0 amide bonds. The van der Waals surface area contributed by atoms with Crippen molar-refractivity contribution in [1.82, 2.24) is 14.7 Å². The van der Waals surface area contributed by atoms with Crippen LogP contribution >= 0.6 is 0 Å². The van der Waals surface area contributed by atoms with Crippen molar-refractivity contribution in [2.75, 3.05) is 19.6 Å². The molecule has 4 nitrogen and oxygen atoms in total. The van der Waals surface area contributed by atoms with Crippen LogP contribution in [-0.4, -0.2) is 34.3 Å². The smallest absolute Gasteiger partial charge is 0.0524 e. The van der Waals surface area contributed by atoms with Crippen LogP contribution in [0.2, 0.25) is 0 Å². The number of hydrogen-bond donors (Lipinski definition) is 1. The lowest BCUT2D eigenvalue weighted by molar-refractivity contribution is 0.123. The van der Waals surface area contributed by atoms with Gasteiger partial charge in [0.15, 0.2) is 0 Å². The molecular formula is C13H24N4. The topological polar surface area (TPSA) is 47.1 Å². The number of nitrogens with two attached hydrogens (primary N) is 1. The van der Waals surface area contributed by atoms with Gasteiger partial charge in [-0.2, -0.15) is 5.10 Å². The SMILES string of the molecule is CCn1nccc1CN1CCC(C)C(CN)C1. The van der Waals surface area contributed by atoms with Gasteiger partial charge >= 0.3 is 0 Å². The Morgan fingerprint density at radius 1 is 1.53 bits per heavy atom. The van der Waals surface area contributed by atoms with Gasteiger partial charge in [0.05, 0.1) is 5.69 Å². The van der Waals surface area contributed by atoms with Crippen LogP contribution in [0, 0.1) is 11.8 Å². The maximum atomic E-state index is 5.84. The van der Waals surface area contributed by atoms with E-state index in [0.29, 0.717) is 5.92 Å². The van der Waals surface area contributed by atoms with Crippen molar-refractivity contribution < 1.29 is 0 Å². The Labute approximate surface area is 104 Å². The molecule has 2 rings (SSSR count). The summed E-state index contributed by atoms with van der Waals surface area (Å²) in [5, 5.41) is 4.32. The van der Waals surface area contributed by atoms with Crippen LogP contribution in [0.3, 0.4) is 0 Å². The summed E-state index contributed by atoms with van der Waals surface area (Å²) < 4.78 is 2.08. The molecule has 17 heavy (non-hydrogen) atoms. The fraction of sp³-hybridized carbons (Fsp3) is 0.769. The van der Waals surface area contributed by atoms with E-state index < -0.39 is 0 Å². The average Bonchev–Trinajstić information content (AvgIpc) is 2.79. The number of piperidine rings is 1. The molecular weight excluding hydrogens is 212 g/mol. The van der Waals surface area contributed by atoms with Gasteiger partial charge in [0.1, 0.15) is 0 Å². The number of rotatable bonds is 4. The van der Waals surface area contributed by atoms with Gasteiger partial charge in [0.25, 0.3) is 0 Å². The third kappa shape index (κ3) is 2.87. The van der Waals surface area contributed by atoms with Gasteiger partial charge in [0.2, 0.25) is 0 Å². The lowest BCUT2D eigenvalue weighted by Crippen LogP contribution is -2.42. The van der Waals surface area contributed by atoms with E-state index >= 15 is 0 Å². The van der Waals surface area contributed by atoms with E-state index in [1.807, 2.05) is 6.20 Å². The first-order chi connectivity index (χ1) is 8.24. The summed E-state index contributed by atoms with van der Waals surface area (Å²) in [6, 6.07) is 2.12. The predicted octanol–water partition coefficient (Wildman–Crippen LogP) is 1.32. The third-order valence-electron chi connectivity index (χ3n) is 3.99. The fourth-order valence-electron chi connectivity index (χ4n) is 2.68. The Hall–Kier alpha value is -0.870. The summed E-state index contributed by atoms with van der Waals surface area (Å²) in [6.45, 7) is 9.55. The van der Waals surface area contributed by atoms with Crippen molar-refractivity contribution in [3.63, 3.8) is 0 Å². The minimum Gasteiger partial charge on any atom is -0.330 e. The van der Waals surface area contributed by atoms with Gasteiger partial charge < -0.3 is 5.73 Å². The van der Waals surface area contributed by atoms with E-state index in [9.17, 15) is 0 Å². The number of nitrogens with zero attached hydrogens (tertiary/aromatic N) is 3. The molecule has 1 aromatic heterocycles. The predicted molar refractivity (Wildman–Crippen MR) is 69.5 cm³/mol. The van der Waals surface area contributed by atoms with Crippen molar-refractivity contribution in [3.05, 3.63) is 18.0 Å². The van der Waals surface area contributed by atoms with Crippen molar-refractivity contribution in [1.29, 1.82) is 0 Å². The van der Waals surface area contributed by atoms with Crippen LogP contribution in [0.15, 0.2) is 12.3 Å². The summed E-state index contributed by atoms with van der Waals surface area (Å²) in [6.07, 6.45) is 3.16. The van der Waals surface area contributed by atoms with Crippen LogP contribution in [-0.2, 0) is 13.1 Å². The highest BCUT2D eigenvalue weighted by Crippen LogP contribution is 2.23. The molecule has 0 radical (unpaired) electrons.